The van der Waals surface area contributed by atoms with E-state index in [4.69, 9.17) is 16.4 Å². The molecule has 0 radical (unpaired) electrons. The Hall–Kier alpha value is -1.34. The maximum atomic E-state index is 8.38. The third kappa shape index (κ3) is 1.14. The highest BCUT2D eigenvalue weighted by Gasteiger charge is 1.99. The second-order valence-electron chi connectivity index (χ2n) is 1.69. The lowest BCUT2D eigenvalue weighted by Gasteiger charge is -1.85. The molecule has 0 atom stereocenters. The SMILES string of the molecule is N#Cc1ccc(C(=N)N)s1. The van der Waals surface area contributed by atoms with Gasteiger partial charge in [-0.3, -0.25) is 5.41 Å². The van der Waals surface area contributed by atoms with Crippen LogP contribution in [0.15, 0.2) is 12.1 Å². The van der Waals surface area contributed by atoms with Crippen molar-refractivity contribution >= 4 is 17.2 Å². The highest BCUT2D eigenvalue weighted by molar-refractivity contribution is 7.14. The predicted molar refractivity (Wildman–Crippen MR) is 40.1 cm³/mol. The van der Waals surface area contributed by atoms with Gasteiger partial charge in [0.25, 0.3) is 0 Å². The first-order chi connectivity index (χ1) is 4.74. The molecule has 0 fully saturated rings. The van der Waals surface area contributed by atoms with Crippen molar-refractivity contribution in [1.82, 2.24) is 0 Å². The molecule has 0 amide bonds. The van der Waals surface area contributed by atoms with E-state index in [1.165, 1.54) is 11.3 Å². The molecule has 0 aromatic carbocycles. The number of nitrogens with zero attached hydrogens (tertiary/aromatic N) is 1. The van der Waals surface area contributed by atoms with Crippen LogP contribution in [0.3, 0.4) is 0 Å². The second-order valence-corrected chi connectivity index (χ2v) is 2.77. The lowest BCUT2D eigenvalue weighted by atomic mass is 10.4. The van der Waals surface area contributed by atoms with Gasteiger partial charge in [-0.1, -0.05) is 0 Å². The van der Waals surface area contributed by atoms with Gasteiger partial charge < -0.3 is 5.73 Å². The van der Waals surface area contributed by atoms with Gasteiger partial charge in [0.1, 0.15) is 16.8 Å². The van der Waals surface area contributed by atoms with Gasteiger partial charge in [-0.2, -0.15) is 5.26 Å². The zero-order valence-electron chi connectivity index (χ0n) is 5.09. The molecular formula is C6H5N3S. The summed E-state index contributed by atoms with van der Waals surface area (Å²) in [4.78, 5) is 1.24. The first-order valence-electron chi connectivity index (χ1n) is 2.58. The lowest BCUT2D eigenvalue weighted by molar-refractivity contribution is 1.45. The van der Waals surface area contributed by atoms with Gasteiger partial charge in [-0.15, -0.1) is 11.3 Å². The fourth-order valence-corrected chi connectivity index (χ4v) is 1.21. The van der Waals surface area contributed by atoms with Crippen LogP contribution in [-0.4, -0.2) is 5.84 Å². The topological polar surface area (TPSA) is 73.7 Å². The van der Waals surface area contributed by atoms with Crippen LogP contribution in [0, 0.1) is 16.7 Å². The van der Waals surface area contributed by atoms with Gasteiger partial charge in [-0.25, -0.2) is 0 Å². The number of nitrogen functional groups attached to an aromatic ring is 1. The summed E-state index contributed by atoms with van der Waals surface area (Å²) in [6.45, 7) is 0. The summed E-state index contributed by atoms with van der Waals surface area (Å²) >= 11 is 1.23. The molecule has 0 saturated carbocycles. The van der Waals surface area contributed by atoms with E-state index in [0.717, 1.165) is 0 Å². The number of hydrogen-bond donors (Lipinski definition) is 2. The minimum atomic E-state index is 0.0199. The molecular weight excluding hydrogens is 146 g/mol. The fourth-order valence-electron chi connectivity index (χ4n) is 0.543. The lowest BCUT2D eigenvalue weighted by Crippen LogP contribution is -2.08. The minimum Gasteiger partial charge on any atom is -0.383 e. The molecule has 1 aromatic heterocycles. The van der Waals surface area contributed by atoms with Gasteiger partial charge in [0.15, 0.2) is 0 Å². The number of hydrogen-bond acceptors (Lipinski definition) is 3. The Balaban J connectivity index is 3.02. The van der Waals surface area contributed by atoms with Crippen molar-refractivity contribution in [3.63, 3.8) is 0 Å². The van der Waals surface area contributed by atoms with E-state index in [2.05, 4.69) is 0 Å². The first-order valence-corrected chi connectivity index (χ1v) is 3.40. The Morgan fingerprint density at radius 1 is 1.70 bits per heavy atom. The Morgan fingerprint density at radius 2 is 2.40 bits per heavy atom. The largest absolute Gasteiger partial charge is 0.383 e. The molecule has 4 heteroatoms. The van der Waals surface area contributed by atoms with Crippen molar-refractivity contribution in [2.45, 2.75) is 0 Å². The smallest absolute Gasteiger partial charge is 0.133 e. The van der Waals surface area contributed by atoms with E-state index in [0.29, 0.717) is 9.75 Å². The molecule has 1 heterocycles. The third-order valence-electron chi connectivity index (χ3n) is 0.982. The zero-order chi connectivity index (χ0) is 7.56. The maximum absolute atomic E-state index is 8.38. The fraction of sp³-hybridized carbons (Fsp3) is 0. The molecule has 0 aliphatic heterocycles. The van der Waals surface area contributed by atoms with Crippen LogP contribution in [0.25, 0.3) is 0 Å². The van der Waals surface area contributed by atoms with Gasteiger partial charge in [0, 0.05) is 0 Å². The molecule has 3 nitrogen and oxygen atoms in total. The van der Waals surface area contributed by atoms with E-state index < -0.39 is 0 Å². The Labute approximate surface area is 62.2 Å². The van der Waals surface area contributed by atoms with Crippen LogP contribution in [0.5, 0.6) is 0 Å². The number of nitrogens with two attached hydrogens (primary N) is 1. The number of thiophene rings is 1. The molecule has 3 N–H and O–H groups in total. The summed E-state index contributed by atoms with van der Waals surface area (Å²) in [7, 11) is 0. The number of nitrogens with one attached hydrogen (secondary N) is 1. The minimum absolute atomic E-state index is 0.0199. The van der Waals surface area contributed by atoms with E-state index in [1.807, 2.05) is 6.07 Å². The standard InChI is InChI=1S/C6H5N3S/c7-3-4-1-2-5(10-4)6(8)9/h1-2H,(H3,8,9). The molecule has 0 bridgehead atoms. The predicted octanol–water partition coefficient (Wildman–Crippen LogP) is 0.904. The molecule has 0 aliphatic carbocycles. The molecule has 1 rings (SSSR count). The van der Waals surface area contributed by atoms with Crippen molar-refractivity contribution in [3.05, 3.63) is 21.9 Å². The summed E-state index contributed by atoms with van der Waals surface area (Å²) in [6.07, 6.45) is 0. The van der Waals surface area contributed by atoms with Gasteiger partial charge >= 0.3 is 0 Å². The van der Waals surface area contributed by atoms with Crippen LogP contribution in [0.2, 0.25) is 0 Å². The van der Waals surface area contributed by atoms with E-state index in [9.17, 15) is 0 Å². The second kappa shape index (κ2) is 2.50. The average Bonchev–Trinajstić information content (AvgIpc) is 2.34. The van der Waals surface area contributed by atoms with Crippen molar-refractivity contribution in [1.29, 1.82) is 10.7 Å². The maximum Gasteiger partial charge on any atom is 0.133 e. The molecule has 1 aromatic rings. The van der Waals surface area contributed by atoms with E-state index in [1.54, 1.807) is 12.1 Å². The van der Waals surface area contributed by atoms with Crippen molar-refractivity contribution in [2.24, 2.45) is 5.73 Å². The summed E-state index contributed by atoms with van der Waals surface area (Å²) in [6, 6.07) is 5.29. The molecule has 0 saturated heterocycles. The molecule has 50 valence electrons. The third-order valence-corrected chi connectivity index (χ3v) is 2.00. The van der Waals surface area contributed by atoms with E-state index >= 15 is 0 Å². The van der Waals surface area contributed by atoms with Gasteiger partial charge in [-0.05, 0) is 12.1 Å². The van der Waals surface area contributed by atoms with Crippen LogP contribution < -0.4 is 5.73 Å². The molecule has 0 spiro atoms. The number of rotatable bonds is 1. The summed E-state index contributed by atoms with van der Waals surface area (Å²) < 4.78 is 0. The summed E-state index contributed by atoms with van der Waals surface area (Å²) in [5.74, 6) is 0.0199. The average molecular weight is 151 g/mol. The Kier molecular flexibility index (Phi) is 1.69. The number of amidine groups is 1. The highest BCUT2D eigenvalue weighted by atomic mass is 32.1. The van der Waals surface area contributed by atoms with Crippen molar-refractivity contribution in [2.75, 3.05) is 0 Å². The first kappa shape index (κ1) is 6.78. The van der Waals surface area contributed by atoms with Crippen LogP contribution in [-0.2, 0) is 0 Å². The Morgan fingerprint density at radius 3 is 2.70 bits per heavy atom. The summed E-state index contributed by atoms with van der Waals surface area (Å²) in [5.41, 5.74) is 5.17. The number of nitriles is 1. The summed E-state index contributed by atoms with van der Waals surface area (Å²) in [5, 5.41) is 15.4. The van der Waals surface area contributed by atoms with Crippen LogP contribution >= 0.6 is 11.3 Å². The van der Waals surface area contributed by atoms with Crippen molar-refractivity contribution < 1.29 is 0 Å². The van der Waals surface area contributed by atoms with Crippen LogP contribution in [0.4, 0.5) is 0 Å². The van der Waals surface area contributed by atoms with Gasteiger partial charge in [0.2, 0.25) is 0 Å². The Bertz CT molecular complexity index is 294. The quantitative estimate of drug-likeness (QED) is 0.462. The molecule has 0 unspecified atom stereocenters. The normalized spacial score (nSPS) is 8.70. The molecule has 0 aliphatic rings. The highest BCUT2D eigenvalue weighted by Crippen LogP contribution is 2.13. The van der Waals surface area contributed by atoms with Crippen LogP contribution in [0.1, 0.15) is 9.75 Å². The molecule has 10 heavy (non-hydrogen) atoms. The zero-order valence-corrected chi connectivity index (χ0v) is 5.90. The monoisotopic (exact) mass is 151 g/mol. The van der Waals surface area contributed by atoms with E-state index in [-0.39, 0.29) is 5.84 Å². The van der Waals surface area contributed by atoms with Crippen molar-refractivity contribution in [3.8, 4) is 6.07 Å². The van der Waals surface area contributed by atoms with Gasteiger partial charge in [0.05, 0.1) is 4.88 Å².